The van der Waals surface area contributed by atoms with Crippen LogP contribution in [0, 0.1) is 19.3 Å². The Labute approximate surface area is 112 Å². The van der Waals surface area contributed by atoms with Crippen molar-refractivity contribution in [2.75, 3.05) is 23.5 Å². The summed E-state index contributed by atoms with van der Waals surface area (Å²) < 4.78 is 0. The van der Waals surface area contributed by atoms with E-state index in [1.165, 1.54) is 5.75 Å². The van der Waals surface area contributed by atoms with Crippen molar-refractivity contribution in [3.8, 4) is 0 Å². The van der Waals surface area contributed by atoms with Gasteiger partial charge in [-0.2, -0.15) is 16.9 Å². The second-order valence-corrected chi connectivity index (χ2v) is 5.80. The molecule has 1 aromatic rings. The van der Waals surface area contributed by atoms with Crippen LogP contribution in [0.4, 0.5) is 5.82 Å². The lowest BCUT2D eigenvalue weighted by molar-refractivity contribution is 0.683. The van der Waals surface area contributed by atoms with Crippen LogP contribution in [0.25, 0.3) is 0 Å². The maximum atomic E-state index is 7.76. The highest BCUT2D eigenvalue weighted by Crippen LogP contribution is 2.28. The van der Waals surface area contributed by atoms with Gasteiger partial charge in [-0.05, 0) is 31.6 Å². The summed E-state index contributed by atoms with van der Waals surface area (Å²) in [5, 5.41) is 16.2. The van der Waals surface area contributed by atoms with Crippen molar-refractivity contribution >= 4 is 23.4 Å². The van der Waals surface area contributed by atoms with Gasteiger partial charge in [-0.25, -0.2) is 0 Å². The summed E-state index contributed by atoms with van der Waals surface area (Å²) in [6.45, 7) is 3.84. The van der Waals surface area contributed by atoms with Crippen molar-refractivity contribution < 1.29 is 0 Å². The first-order chi connectivity index (χ1) is 8.52. The normalized spacial score (nSPS) is 18.9. The zero-order valence-corrected chi connectivity index (χ0v) is 11.8. The third kappa shape index (κ3) is 2.29. The average molecular weight is 265 g/mol. The largest absolute Gasteiger partial charge is 0.384 e. The molecule has 1 aliphatic heterocycles. The minimum Gasteiger partial charge on any atom is -0.384 e. The monoisotopic (exact) mass is 265 g/mol. The van der Waals surface area contributed by atoms with E-state index in [1.807, 2.05) is 32.7 Å². The molecule has 18 heavy (non-hydrogen) atoms. The van der Waals surface area contributed by atoms with Crippen LogP contribution in [0.3, 0.4) is 0 Å². The molecule has 0 aliphatic carbocycles. The standard InChI is InChI=1S/C12H19N5S/c1-7-8(2)15-16-12(10(7)11(13)14)17(3)9-4-5-18-6-9/h9H,4-6H2,1-3H3,(H3,13,14). The number of thioether (sulfide) groups is 1. The van der Waals surface area contributed by atoms with Gasteiger partial charge in [-0.1, -0.05) is 0 Å². The molecule has 6 heteroatoms. The number of nitrogens with two attached hydrogens (primary N) is 1. The molecule has 1 fully saturated rings. The summed E-state index contributed by atoms with van der Waals surface area (Å²) in [4.78, 5) is 2.12. The molecular formula is C12H19N5S. The quantitative estimate of drug-likeness (QED) is 0.636. The molecule has 2 rings (SSSR count). The first kappa shape index (κ1) is 13.1. The number of amidine groups is 1. The Morgan fingerprint density at radius 1 is 1.44 bits per heavy atom. The highest BCUT2D eigenvalue weighted by atomic mass is 32.2. The van der Waals surface area contributed by atoms with Gasteiger partial charge in [0.1, 0.15) is 5.84 Å². The predicted octanol–water partition coefficient (Wildman–Crippen LogP) is 1.32. The number of nitrogens with zero attached hydrogens (tertiary/aromatic N) is 3. The topological polar surface area (TPSA) is 78.9 Å². The van der Waals surface area contributed by atoms with Crippen molar-refractivity contribution in [2.24, 2.45) is 5.73 Å². The molecule has 2 heterocycles. The van der Waals surface area contributed by atoms with Crippen LogP contribution in [0.5, 0.6) is 0 Å². The molecule has 1 atom stereocenters. The first-order valence-electron chi connectivity index (χ1n) is 6.01. The minimum atomic E-state index is 0.0676. The van der Waals surface area contributed by atoms with Crippen molar-refractivity contribution in [3.05, 3.63) is 16.8 Å². The van der Waals surface area contributed by atoms with E-state index in [2.05, 4.69) is 15.1 Å². The van der Waals surface area contributed by atoms with Crippen molar-refractivity contribution in [3.63, 3.8) is 0 Å². The molecule has 0 aromatic carbocycles. The van der Waals surface area contributed by atoms with E-state index >= 15 is 0 Å². The van der Waals surface area contributed by atoms with E-state index in [-0.39, 0.29) is 5.84 Å². The fourth-order valence-corrected chi connectivity index (χ4v) is 3.43. The Balaban J connectivity index is 2.43. The second-order valence-electron chi connectivity index (χ2n) is 4.65. The number of aromatic nitrogens is 2. The molecule has 0 bridgehead atoms. The number of anilines is 1. The van der Waals surface area contributed by atoms with Crippen LogP contribution in [0.2, 0.25) is 0 Å². The molecule has 1 aliphatic rings. The smallest absolute Gasteiger partial charge is 0.162 e. The number of rotatable bonds is 3. The van der Waals surface area contributed by atoms with E-state index in [1.54, 1.807) is 0 Å². The summed E-state index contributed by atoms with van der Waals surface area (Å²) in [7, 11) is 2.02. The summed E-state index contributed by atoms with van der Waals surface area (Å²) in [6.07, 6.45) is 1.15. The van der Waals surface area contributed by atoms with Gasteiger partial charge < -0.3 is 10.6 Å². The lowest BCUT2D eigenvalue weighted by Gasteiger charge is -2.27. The maximum absolute atomic E-state index is 7.76. The molecule has 0 amide bonds. The highest BCUT2D eigenvalue weighted by Gasteiger charge is 2.25. The Morgan fingerprint density at radius 2 is 2.17 bits per heavy atom. The van der Waals surface area contributed by atoms with Gasteiger partial charge in [0, 0.05) is 18.8 Å². The Bertz CT molecular complexity index is 468. The number of aryl methyl sites for hydroxylation is 1. The summed E-state index contributed by atoms with van der Waals surface area (Å²) in [5.41, 5.74) is 8.21. The van der Waals surface area contributed by atoms with Crippen molar-refractivity contribution in [1.82, 2.24) is 10.2 Å². The molecule has 0 radical (unpaired) electrons. The zero-order valence-electron chi connectivity index (χ0n) is 11.0. The molecule has 1 unspecified atom stereocenters. The van der Waals surface area contributed by atoms with Crippen LogP contribution in [-0.4, -0.2) is 40.6 Å². The molecule has 0 saturated carbocycles. The third-order valence-corrected chi connectivity index (χ3v) is 4.64. The van der Waals surface area contributed by atoms with E-state index in [0.29, 0.717) is 6.04 Å². The fourth-order valence-electron chi connectivity index (χ4n) is 2.17. The van der Waals surface area contributed by atoms with Crippen LogP contribution < -0.4 is 10.6 Å². The van der Waals surface area contributed by atoms with Gasteiger partial charge in [0.05, 0.1) is 11.3 Å². The fraction of sp³-hybridized carbons (Fsp3) is 0.583. The molecular weight excluding hydrogens is 246 g/mol. The van der Waals surface area contributed by atoms with Gasteiger partial charge in [0.2, 0.25) is 0 Å². The minimum absolute atomic E-state index is 0.0676. The predicted molar refractivity (Wildman–Crippen MR) is 76.7 cm³/mol. The number of hydrogen-bond donors (Lipinski definition) is 2. The van der Waals surface area contributed by atoms with E-state index < -0.39 is 0 Å². The van der Waals surface area contributed by atoms with Gasteiger partial charge in [-0.15, -0.1) is 5.10 Å². The van der Waals surface area contributed by atoms with Crippen LogP contribution >= 0.6 is 11.8 Å². The van der Waals surface area contributed by atoms with E-state index in [9.17, 15) is 0 Å². The molecule has 1 saturated heterocycles. The first-order valence-corrected chi connectivity index (χ1v) is 7.16. The average Bonchev–Trinajstić information content (AvgIpc) is 2.84. The summed E-state index contributed by atoms with van der Waals surface area (Å²) in [5.74, 6) is 3.08. The molecule has 1 aromatic heterocycles. The number of nitrogens with one attached hydrogen (secondary N) is 1. The third-order valence-electron chi connectivity index (χ3n) is 3.49. The molecule has 5 nitrogen and oxygen atoms in total. The van der Waals surface area contributed by atoms with Crippen LogP contribution in [0.15, 0.2) is 0 Å². The van der Waals surface area contributed by atoms with Gasteiger partial charge in [0.25, 0.3) is 0 Å². The number of hydrogen-bond acceptors (Lipinski definition) is 5. The zero-order chi connectivity index (χ0) is 13.3. The lowest BCUT2D eigenvalue weighted by atomic mass is 10.1. The van der Waals surface area contributed by atoms with Gasteiger partial charge >= 0.3 is 0 Å². The Kier molecular flexibility index (Phi) is 3.75. The van der Waals surface area contributed by atoms with Crippen molar-refractivity contribution in [1.29, 1.82) is 5.41 Å². The maximum Gasteiger partial charge on any atom is 0.162 e. The van der Waals surface area contributed by atoms with Crippen molar-refractivity contribution in [2.45, 2.75) is 26.3 Å². The molecule has 3 N–H and O–H groups in total. The van der Waals surface area contributed by atoms with E-state index in [4.69, 9.17) is 11.1 Å². The lowest BCUT2D eigenvalue weighted by Crippen LogP contribution is -2.34. The van der Waals surface area contributed by atoms with E-state index in [0.717, 1.165) is 34.8 Å². The molecule has 0 spiro atoms. The Hall–Kier alpha value is -1.30. The van der Waals surface area contributed by atoms with Gasteiger partial charge in [0.15, 0.2) is 5.82 Å². The summed E-state index contributed by atoms with van der Waals surface area (Å²) in [6, 6.07) is 0.463. The SMILES string of the molecule is Cc1nnc(N(C)C2CCSC2)c(C(=N)N)c1C. The summed E-state index contributed by atoms with van der Waals surface area (Å²) >= 11 is 1.95. The van der Waals surface area contributed by atoms with Crippen LogP contribution in [-0.2, 0) is 0 Å². The highest BCUT2D eigenvalue weighted by molar-refractivity contribution is 7.99. The van der Waals surface area contributed by atoms with Crippen LogP contribution in [0.1, 0.15) is 23.2 Å². The number of nitrogen functional groups attached to an aromatic ring is 1. The second kappa shape index (κ2) is 5.14. The molecule has 98 valence electrons. The van der Waals surface area contributed by atoms with Gasteiger partial charge in [-0.3, -0.25) is 5.41 Å². The Morgan fingerprint density at radius 3 is 2.72 bits per heavy atom.